The van der Waals surface area contributed by atoms with Gasteiger partial charge in [-0.15, -0.1) is 0 Å². The molecule has 0 unspecified atom stereocenters. The van der Waals surface area contributed by atoms with Crippen LogP contribution in [0.2, 0.25) is 0 Å². The lowest BCUT2D eigenvalue weighted by Gasteiger charge is -2.15. The molecule has 1 saturated heterocycles. The van der Waals surface area contributed by atoms with Crippen LogP contribution in [0, 0.1) is 13.8 Å². The predicted molar refractivity (Wildman–Crippen MR) is 112 cm³/mol. The Morgan fingerprint density at radius 2 is 1.67 bits per heavy atom. The summed E-state index contributed by atoms with van der Waals surface area (Å²) in [5, 5.41) is 0. The van der Waals surface area contributed by atoms with E-state index in [1.54, 1.807) is 44.4 Å². The highest BCUT2D eigenvalue weighted by Crippen LogP contribution is 2.38. The summed E-state index contributed by atoms with van der Waals surface area (Å²) in [5.74, 6) is 1.49. The Hall–Kier alpha value is -3.29. The number of nitrogens with zero attached hydrogens (tertiary/aromatic N) is 3. The number of hydrogen-bond acceptors (Lipinski definition) is 7. The molecule has 3 rings (SSSR count). The van der Waals surface area contributed by atoms with Crippen LogP contribution in [0.25, 0.3) is 6.08 Å². The maximum Gasteiger partial charge on any atom is 0.317 e. The number of rotatable bonds is 7. The molecule has 1 aromatic carbocycles. The topological polar surface area (TPSA) is 83.0 Å². The molecule has 2 heterocycles. The molecule has 8 nitrogen and oxygen atoms in total. The Bertz CT molecular complexity index is 899. The highest BCUT2D eigenvalue weighted by molar-refractivity contribution is 5.92. The molecule has 0 spiro atoms. The van der Waals surface area contributed by atoms with Gasteiger partial charge in [-0.25, -0.2) is 9.97 Å². The van der Waals surface area contributed by atoms with Crippen molar-refractivity contribution in [3.63, 3.8) is 0 Å². The van der Waals surface area contributed by atoms with Gasteiger partial charge in [0.2, 0.25) is 11.7 Å². The van der Waals surface area contributed by atoms with Gasteiger partial charge in [0.25, 0.3) is 0 Å². The first-order chi connectivity index (χ1) is 14.4. The van der Waals surface area contributed by atoms with E-state index in [0.29, 0.717) is 36.3 Å². The van der Waals surface area contributed by atoms with Gasteiger partial charge in [-0.1, -0.05) is 0 Å². The Morgan fingerprint density at radius 3 is 2.23 bits per heavy atom. The number of likely N-dealkylation sites (tertiary alicyclic amines) is 1. The molecule has 0 bridgehead atoms. The van der Waals surface area contributed by atoms with E-state index in [9.17, 15) is 4.79 Å². The predicted octanol–water partition coefficient (Wildman–Crippen LogP) is 2.81. The summed E-state index contributed by atoms with van der Waals surface area (Å²) in [4.78, 5) is 23.0. The van der Waals surface area contributed by atoms with Gasteiger partial charge in [0.1, 0.15) is 6.10 Å². The van der Waals surface area contributed by atoms with Crippen LogP contribution in [0.3, 0.4) is 0 Å². The number of carbonyl (C=O) groups is 1. The third-order valence-corrected chi connectivity index (χ3v) is 4.80. The maximum absolute atomic E-state index is 12.6. The van der Waals surface area contributed by atoms with Crippen LogP contribution in [0.5, 0.6) is 23.3 Å². The van der Waals surface area contributed by atoms with Crippen molar-refractivity contribution in [2.75, 3.05) is 34.4 Å². The number of benzene rings is 1. The zero-order valence-corrected chi connectivity index (χ0v) is 18.0. The molecule has 1 amide bonds. The number of ether oxygens (including phenoxy) is 4. The van der Waals surface area contributed by atoms with Gasteiger partial charge in [-0.05, 0) is 43.7 Å². The van der Waals surface area contributed by atoms with Crippen LogP contribution in [0.1, 0.15) is 23.4 Å². The molecule has 1 atom stereocenters. The van der Waals surface area contributed by atoms with Gasteiger partial charge >= 0.3 is 6.01 Å². The van der Waals surface area contributed by atoms with Crippen molar-refractivity contribution in [3.8, 4) is 23.3 Å². The highest BCUT2D eigenvalue weighted by Gasteiger charge is 2.27. The van der Waals surface area contributed by atoms with E-state index in [1.807, 2.05) is 19.9 Å². The molecule has 160 valence electrons. The second-order valence-corrected chi connectivity index (χ2v) is 7.04. The van der Waals surface area contributed by atoms with Crippen molar-refractivity contribution in [3.05, 3.63) is 41.2 Å². The van der Waals surface area contributed by atoms with Crippen molar-refractivity contribution >= 4 is 12.0 Å². The van der Waals surface area contributed by atoms with Crippen LogP contribution in [-0.4, -0.2) is 61.3 Å². The maximum atomic E-state index is 12.6. The first-order valence-corrected chi connectivity index (χ1v) is 9.69. The third kappa shape index (κ3) is 5.00. The molecule has 1 fully saturated rings. The molecule has 1 aromatic heterocycles. The summed E-state index contributed by atoms with van der Waals surface area (Å²) >= 11 is 0. The molecular weight excluding hydrogens is 386 g/mol. The Balaban J connectivity index is 1.64. The number of aromatic nitrogens is 2. The molecule has 0 radical (unpaired) electrons. The standard InChI is InChI=1S/C22H27N3O5/c1-14-10-15(2)24-22(23-14)30-17-8-9-25(13-17)20(26)7-6-16-11-18(27-3)21(29-5)19(12-16)28-4/h6-7,10-12,17H,8-9,13H2,1-5H3/b7-6+/t17-/m1/s1. The SMILES string of the molecule is COc1cc(/C=C/C(=O)N2CC[C@@H](Oc3nc(C)cc(C)n3)C2)cc(OC)c1OC. The first kappa shape index (κ1) is 21.4. The van der Waals surface area contributed by atoms with Crippen LogP contribution >= 0.6 is 0 Å². The van der Waals surface area contributed by atoms with E-state index >= 15 is 0 Å². The third-order valence-electron chi connectivity index (χ3n) is 4.80. The van der Waals surface area contributed by atoms with Crippen LogP contribution < -0.4 is 18.9 Å². The number of aryl methyl sites for hydroxylation is 2. The van der Waals surface area contributed by atoms with E-state index < -0.39 is 0 Å². The van der Waals surface area contributed by atoms with Crippen molar-refractivity contribution < 1.29 is 23.7 Å². The summed E-state index contributed by atoms with van der Waals surface area (Å²) in [6.45, 7) is 4.92. The fourth-order valence-corrected chi connectivity index (χ4v) is 3.39. The van der Waals surface area contributed by atoms with Crippen molar-refractivity contribution in [1.29, 1.82) is 0 Å². The zero-order valence-electron chi connectivity index (χ0n) is 18.0. The summed E-state index contributed by atoms with van der Waals surface area (Å²) in [5.41, 5.74) is 2.49. The van der Waals surface area contributed by atoms with Gasteiger partial charge in [-0.3, -0.25) is 4.79 Å². The van der Waals surface area contributed by atoms with E-state index in [1.165, 1.54) is 6.08 Å². The largest absolute Gasteiger partial charge is 0.493 e. The van der Waals surface area contributed by atoms with Crippen LogP contribution in [0.15, 0.2) is 24.3 Å². The lowest BCUT2D eigenvalue weighted by molar-refractivity contribution is -0.125. The van der Waals surface area contributed by atoms with Crippen molar-refractivity contribution in [1.82, 2.24) is 14.9 Å². The Morgan fingerprint density at radius 1 is 1.03 bits per heavy atom. The number of hydrogen-bond donors (Lipinski definition) is 0. The van der Waals surface area contributed by atoms with Gasteiger partial charge in [0, 0.05) is 30.4 Å². The second kappa shape index (κ2) is 9.47. The smallest absolute Gasteiger partial charge is 0.317 e. The fourth-order valence-electron chi connectivity index (χ4n) is 3.39. The monoisotopic (exact) mass is 413 g/mol. The lowest BCUT2D eigenvalue weighted by atomic mass is 10.1. The second-order valence-electron chi connectivity index (χ2n) is 7.04. The fraction of sp³-hybridized carbons (Fsp3) is 0.409. The zero-order chi connectivity index (χ0) is 21.7. The quantitative estimate of drug-likeness (QED) is 0.646. The molecular formula is C22H27N3O5. The average Bonchev–Trinajstić information content (AvgIpc) is 3.18. The minimum absolute atomic E-state index is 0.0869. The van der Waals surface area contributed by atoms with Crippen LogP contribution in [-0.2, 0) is 4.79 Å². The Labute approximate surface area is 176 Å². The summed E-state index contributed by atoms with van der Waals surface area (Å²) < 4.78 is 21.9. The molecule has 1 aliphatic heterocycles. The molecule has 2 aromatic rings. The molecule has 0 N–H and O–H groups in total. The van der Waals surface area contributed by atoms with E-state index in [-0.39, 0.29) is 12.0 Å². The lowest BCUT2D eigenvalue weighted by Crippen LogP contribution is -2.29. The van der Waals surface area contributed by atoms with Gasteiger partial charge in [-0.2, -0.15) is 0 Å². The summed E-state index contributed by atoms with van der Waals surface area (Å²) in [6.07, 6.45) is 3.88. The van der Waals surface area contributed by atoms with Gasteiger partial charge in [0.15, 0.2) is 11.5 Å². The van der Waals surface area contributed by atoms with Gasteiger partial charge in [0.05, 0.1) is 27.9 Å². The molecule has 8 heteroatoms. The number of methoxy groups -OCH3 is 3. The van der Waals surface area contributed by atoms with Crippen LogP contribution in [0.4, 0.5) is 0 Å². The molecule has 0 saturated carbocycles. The Kier molecular flexibility index (Phi) is 6.76. The normalized spacial score (nSPS) is 16.0. The average molecular weight is 413 g/mol. The summed E-state index contributed by atoms with van der Waals surface area (Å²) in [7, 11) is 4.66. The van der Waals surface area contributed by atoms with E-state index in [2.05, 4.69) is 9.97 Å². The molecule has 0 aliphatic carbocycles. The molecule has 30 heavy (non-hydrogen) atoms. The van der Waals surface area contributed by atoms with E-state index in [4.69, 9.17) is 18.9 Å². The highest BCUT2D eigenvalue weighted by atomic mass is 16.5. The minimum atomic E-state index is -0.121. The van der Waals surface area contributed by atoms with Crippen molar-refractivity contribution in [2.45, 2.75) is 26.4 Å². The first-order valence-electron chi connectivity index (χ1n) is 9.69. The number of carbonyl (C=O) groups excluding carboxylic acids is 1. The van der Waals surface area contributed by atoms with Crippen molar-refractivity contribution in [2.24, 2.45) is 0 Å². The molecule has 1 aliphatic rings. The van der Waals surface area contributed by atoms with Gasteiger partial charge < -0.3 is 23.8 Å². The number of amides is 1. The minimum Gasteiger partial charge on any atom is -0.493 e. The summed E-state index contributed by atoms with van der Waals surface area (Å²) in [6, 6.07) is 5.84. The van der Waals surface area contributed by atoms with E-state index in [0.717, 1.165) is 23.4 Å².